The third kappa shape index (κ3) is 4.82. The van der Waals surface area contributed by atoms with E-state index in [-0.39, 0.29) is 11.7 Å². The van der Waals surface area contributed by atoms with E-state index in [0.29, 0.717) is 10.7 Å². The van der Waals surface area contributed by atoms with Crippen molar-refractivity contribution in [2.24, 2.45) is 0 Å². The van der Waals surface area contributed by atoms with Crippen molar-refractivity contribution in [1.29, 1.82) is 0 Å². The molecule has 10 heteroatoms. The molecule has 2 N–H and O–H groups in total. The third-order valence-electron chi connectivity index (χ3n) is 3.44. The molecule has 9 nitrogen and oxygen atoms in total. The molecule has 2 aromatic heterocycles. The lowest BCUT2D eigenvalue weighted by atomic mass is 10.3. The molecule has 138 valence electrons. The fourth-order valence-electron chi connectivity index (χ4n) is 2.10. The summed E-state index contributed by atoms with van der Waals surface area (Å²) < 4.78 is 6.89. The summed E-state index contributed by atoms with van der Waals surface area (Å²) in [4.78, 5) is 27.7. The Bertz CT molecular complexity index is 914. The monoisotopic (exact) mass is 384 g/mol. The van der Waals surface area contributed by atoms with Crippen molar-refractivity contribution in [1.82, 2.24) is 30.6 Å². The van der Waals surface area contributed by atoms with Crippen molar-refractivity contribution in [2.45, 2.75) is 5.16 Å². The minimum atomic E-state index is -0.442. The van der Waals surface area contributed by atoms with Crippen molar-refractivity contribution < 1.29 is 14.3 Å². The van der Waals surface area contributed by atoms with Crippen LogP contribution in [-0.4, -0.2) is 44.4 Å². The standard InChI is InChI=1S/C17H16N6O3S/c1-26-14-6-4-13(5-7-14)23-11-19-22-17(23)27-10-15(24)20-21-16(25)12-3-2-8-18-9-12/h2-9,11H,10H2,1H3,(H,20,24)(H,21,25). The zero-order valence-electron chi connectivity index (χ0n) is 14.3. The van der Waals surface area contributed by atoms with Gasteiger partial charge in [0.25, 0.3) is 5.91 Å². The van der Waals surface area contributed by atoms with Gasteiger partial charge in [-0.25, -0.2) is 0 Å². The zero-order chi connectivity index (χ0) is 19.1. The van der Waals surface area contributed by atoms with Crippen molar-refractivity contribution in [3.63, 3.8) is 0 Å². The summed E-state index contributed by atoms with van der Waals surface area (Å²) in [7, 11) is 1.60. The molecule has 0 bridgehead atoms. The lowest BCUT2D eigenvalue weighted by Gasteiger charge is -2.08. The first kappa shape index (κ1) is 18.4. The maximum Gasteiger partial charge on any atom is 0.271 e. The van der Waals surface area contributed by atoms with Crippen LogP contribution in [0.1, 0.15) is 10.4 Å². The van der Waals surface area contributed by atoms with Crippen molar-refractivity contribution >= 4 is 23.6 Å². The summed E-state index contributed by atoms with van der Waals surface area (Å²) in [6, 6.07) is 10.6. The van der Waals surface area contributed by atoms with E-state index in [1.54, 1.807) is 36.3 Å². The van der Waals surface area contributed by atoms with E-state index in [1.165, 1.54) is 18.0 Å². The minimum absolute atomic E-state index is 0.0577. The van der Waals surface area contributed by atoms with Gasteiger partial charge in [0, 0.05) is 18.1 Å². The number of carbonyl (C=O) groups is 2. The summed E-state index contributed by atoms with van der Waals surface area (Å²) >= 11 is 1.20. The van der Waals surface area contributed by atoms with E-state index in [1.807, 2.05) is 24.3 Å². The highest BCUT2D eigenvalue weighted by atomic mass is 32.2. The van der Waals surface area contributed by atoms with E-state index < -0.39 is 5.91 Å². The van der Waals surface area contributed by atoms with Gasteiger partial charge in [0.05, 0.1) is 18.4 Å². The second-order valence-electron chi connectivity index (χ2n) is 5.21. The topological polar surface area (TPSA) is 111 Å². The van der Waals surface area contributed by atoms with Gasteiger partial charge in [-0.1, -0.05) is 11.8 Å². The number of methoxy groups -OCH3 is 1. The van der Waals surface area contributed by atoms with Crippen LogP contribution < -0.4 is 15.6 Å². The highest BCUT2D eigenvalue weighted by Gasteiger charge is 2.11. The number of aromatic nitrogens is 4. The number of hydrogen-bond acceptors (Lipinski definition) is 7. The predicted molar refractivity (Wildman–Crippen MR) is 98.5 cm³/mol. The first-order chi connectivity index (χ1) is 13.2. The van der Waals surface area contributed by atoms with Gasteiger partial charge in [0.15, 0.2) is 5.16 Å². The zero-order valence-corrected chi connectivity index (χ0v) is 15.1. The summed E-state index contributed by atoms with van der Waals surface area (Å²) in [6.07, 6.45) is 4.53. The van der Waals surface area contributed by atoms with E-state index >= 15 is 0 Å². The Hall–Kier alpha value is -3.40. The van der Waals surface area contributed by atoms with Crippen molar-refractivity contribution in [3.05, 3.63) is 60.7 Å². The molecule has 0 aliphatic heterocycles. The van der Waals surface area contributed by atoms with E-state index in [4.69, 9.17) is 4.74 Å². The van der Waals surface area contributed by atoms with Gasteiger partial charge >= 0.3 is 0 Å². The molecule has 3 aromatic rings. The Labute approximate surface area is 159 Å². The van der Waals surface area contributed by atoms with Crippen LogP contribution in [0.15, 0.2) is 60.3 Å². The SMILES string of the molecule is COc1ccc(-n2cnnc2SCC(=O)NNC(=O)c2cccnc2)cc1. The van der Waals surface area contributed by atoms with Crippen LogP contribution in [0.2, 0.25) is 0 Å². The number of ether oxygens (including phenoxy) is 1. The number of benzene rings is 1. The molecular formula is C17H16N6O3S. The second-order valence-corrected chi connectivity index (χ2v) is 6.16. The highest BCUT2D eigenvalue weighted by molar-refractivity contribution is 7.99. The average Bonchev–Trinajstić information content (AvgIpc) is 3.19. The number of pyridine rings is 1. The van der Waals surface area contributed by atoms with Crippen LogP contribution in [0.4, 0.5) is 0 Å². The molecule has 0 aliphatic carbocycles. The number of thioether (sulfide) groups is 1. The Morgan fingerprint density at radius 3 is 2.70 bits per heavy atom. The van der Waals surface area contributed by atoms with E-state index in [9.17, 15) is 9.59 Å². The molecule has 0 radical (unpaired) electrons. The first-order valence-electron chi connectivity index (χ1n) is 7.84. The summed E-state index contributed by atoms with van der Waals surface area (Å²) in [5.74, 6) is -0.0172. The quantitative estimate of drug-likeness (QED) is 0.486. The Kier molecular flexibility index (Phi) is 6.00. The van der Waals surface area contributed by atoms with Gasteiger partial charge in [0.1, 0.15) is 12.1 Å². The summed E-state index contributed by atoms with van der Waals surface area (Å²) in [6.45, 7) is 0. The minimum Gasteiger partial charge on any atom is -0.497 e. The molecule has 2 amide bonds. The van der Waals surface area contributed by atoms with Crippen LogP contribution in [0.25, 0.3) is 5.69 Å². The van der Waals surface area contributed by atoms with Gasteiger partial charge in [-0.15, -0.1) is 10.2 Å². The molecule has 0 spiro atoms. The molecule has 0 atom stereocenters. The van der Waals surface area contributed by atoms with Crippen molar-refractivity contribution in [2.75, 3.05) is 12.9 Å². The third-order valence-corrected chi connectivity index (χ3v) is 4.38. The molecule has 2 heterocycles. The van der Waals surface area contributed by atoms with E-state index in [2.05, 4.69) is 26.0 Å². The molecule has 1 aromatic carbocycles. The molecule has 27 heavy (non-hydrogen) atoms. The number of nitrogens with zero attached hydrogens (tertiary/aromatic N) is 4. The normalized spacial score (nSPS) is 10.3. The fraction of sp³-hybridized carbons (Fsp3) is 0.118. The largest absolute Gasteiger partial charge is 0.497 e. The van der Waals surface area contributed by atoms with Crippen LogP contribution in [0.5, 0.6) is 5.75 Å². The molecular weight excluding hydrogens is 368 g/mol. The number of carbonyl (C=O) groups excluding carboxylic acids is 2. The maximum absolute atomic E-state index is 12.0. The van der Waals surface area contributed by atoms with Crippen LogP contribution >= 0.6 is 11.8 Å². The van der Waals surface area contributed by atoms with E-state index in [0.717, 1.165) is 11.4 Å². The number of amides is 2. The van der Waals surface area contributed by atoms with Crippen LogP contribution in [0, 0.1) is 0 Å². The first-order valence-corrected chi connectivity index (χ1v) is 8.82. The number of hydrogen-bond donors (Lipinski definition) is 2. The molecule has 3 rings (SSSR count). The van der Waals surface area contributed by atoms with Crippen LogP contribution in [-0.2, 0) is 4.79 Å². The average molecular weight is 384 g/mol. The summed E-state index contributed by atoms with van der Waals surface area (Å²) in [5.41, 5.74) is 5.89. The smallest absolute Gasteiger partial charge is 0.271 e. The Balaban J connectivity index is 1.53. The number of nitrogens with one attached hydrogen (secondary N) is 2. The lowest BCUT2D eigenvalue weighted by molar-refractivity contribution is -0.119. The van der Waals surface area contributed by atoms with Gasteiger partial charge in [0.2, 0.25) is 5.91 Å². The van der Waals surface area contributed by atoms with Crippen LogP contribution in [0.3, 0.4) is 0 Å². The maximum atomic E-state index is 12.0. The number of rotatable bonds is 6. The molecule has 0 saturated carbocycles. The highest BCUT2D eigenvalue weighted by Crippen LogP contribution is 2.21. The van der Waals surface area contributed by atoms with Crippen molar-refractivity contribution in [3.8, 4) is 11.4 Å². The number of hydrazine groups is 1. The summed E-state index contributed by atoms with van der Waals surface area (Å²) in [5, 5.41) is 8.45. The second kappa shape index (κ2) is 8.81. The molecule has 0 aliphatic rings. The fourth-order valence-corrected chi connectivity index (χ4v) is 2.83. The Morgan fingerprint density at radius 2 is 2.00 bits per heavy atom. The molecule has 0 unspecified atom stereocenters. The Morgan fingerprint density at radius 1 is 1.19 bits per heavy atom. The molecule has 0 saturated heterocycles. The molecule has 0 fully saturated rings. The van der Waals surface area contributed by atoms with Gasteiger partial charge in [-0.2, -0.15) is 0 Å². The van der Waals surface area contributed by atoms with Gasteiger partial charge in [-0.3, -0.25) is 30.0 Å². The lowest BCUT2D eigenvalue weighted by Crippen LogP contribution is -2.42. The predicted octanol–water partition coefficient (Wildman–Crippen LogP) is 1.22. The van der Waals surface area contributed by atoms with Gasteiger partial charge in [-0.05, 0) is 36.4 Å². The van der Waals surface area contributed by atoms with Gasteiger partial charge < -0.3 is 4.74 Å².